The molecular weight excluding hydrogens is 309 g/mol. The van der Waals surface area contributed by atoms with Gasteiger partial charge in [-0.05, 0) is 37.9 Å². The van der Waals surface area contributed by atoms with Crippen LogP contribution in [0.1, 0.15) is 32.6 Å². The van der Waals surface area contributed by atoms with Gasteiger partial charge in [0.1, 0.15) is 0 Å². The van der Waals surface area contributed by atoms with Gasteiger partial charge in [-0.15, -0.1) is 0 Å². The Morgan fingerprint density at radius 2 is 2.00 bits per heavy atom. The fourth-order valence-electron chi connectivity index (χ4n) is 2.27. The monoisotopic (exact) mass is 329 g/mol. The fraction of sp³-hybridized carbons (Fsp3) is 0.533. The molecular formula is C15H21Cl2N3O. The average Bonchev–Trinajstić information content (AvgIpc) is 3.23. The Morgan fingerprint density at radius 1 is 1.38 bits per heavy atom. The van der Waals surface area contributed by atoms with E-state index in [1.807, 2.05) is 0 Å². The van der Waals surface area contributed by atoms with Crippen LogP contribution in [0.15, 0.2) is 12.1 Å². The fourth-order valence-corrected chi connectivity index (χ4v) is 2.87. The molecule has 1 fully saturated rings. The maximum absolute atomic E-state index is 12.2. The van der Waals surface area contributed by atoms with Crippen molar-refractivity contribution in [1.29, 1.82) is 0 Å². The number of unbranched alkanes of at least 4 members (excludes halogenated alkanes) is 1. The minimum absolute atomic E-state index is 0.0911. The van der Waals surface area contributed by atoms with Gasteiger partial charge in [-0.25, -0.2) is 0 Å². The summed E-state index contributed by atoms with van der Waals surface area (Å²) in [7, 11) is 0. The van der Waals surface area contributed by atoms with Crippen LogP contribution in [0.2, 0.25) is 10.0 Å². The quantitative estimate of drug-likeness (QED) is 0.748. The average molecular weight is 330 g/mol. The molecule has 1 amide bonds. The molecule has 0 aliphatic heterocycles. The van der Waals surface area contributed by atoms with Crippen LogP contribution in [0.25, 0.3) is 0 Å². The minimum atomic E-state index is -0.0911. The summed E-state index contributed by atoms with van der Waals surface area (Å²) in [6, 6.07) is 3.72. The number of nitrogens with zero attached hydrogens (tertiary/aromatic N) is 1. The summed E-state index contributed by atoms with van der Waals surface area (Å²) in [6.07, 6.45) is 4.59. The number of nitrogens with one attached hydrogen (secondary N) is 1. The van der Waals surface area contributed by atoms with Crippen molar-refractivity contribution < 1.29 is 4.79 Å². The predicted octanol–water partition coefficient (Wildman–Crippen LogP) is 3.78. The molecule has 1 saturated carbocycles. The van der Waals surface area contributed by atoms with E-state index < -0.39 is 0 Å². The number of hydrogen-bond donors (Lipinski definition) is 2. The maximum Gasteiger partial charge on any atom is 0.238 e. The van der Waals surface area contributed by atoms with Crippen LogP contribution in [0.5, 0.6) is 0 Å². The number of nitrogens with two attached hydrogens (primary N) is 1. The van der Waals surface area contributed by atoms with Crippen molar-refractivity contribution in [2.75, 3.05) is 24.1 Å². The minimum Gasteiger partial charge on any atom is -0.399 e. The molecule has 6 heteroatoms. The highest BCUT2D eigenvalue weighted by molar-refractivity contribution is 6.40. The van der Waals surface area contributed by atoms with E-state index in [1.54, 1.807) is 12.1 Å². The van der Waals surface area contributed by atoms with Gasteiger partial charge in [0, 0.05) is 11.7 Å². The first-order valence-corrected chi connectivity index (χ1v) is 8.05. The van der Waals surface area contributed by atoms with E-state index in [0.717, 1.165) is 19.4 Å². The zero-order chi connectivity index (χ0) is 15.4. The summed E-state index contributed by atoms with van der Waals surface area (Å²) in [4.78, 5) is 14.4. The molecule has 2 rings (SSSR count). The highest BCUT2D eigenvalue weighted by Crippen LogP contribution is 2.33. The van der Waals surface area contributed by atoms with Crippen molar-refractivity contribution in [3.8, 4) is 0 Å². The zero-order valence-corrected chi connectivity index (χ0v) is 13.7. The smallest absolute Gasteiger partial charge is 0.238 e. The lowest BCUT2D eigenvalue weighted by molar-refractivity contribution is -0.117. The number of benzene rings is 1. The molecule has 21 heavy (non-hydrogen) atoms. The third kappa shape index (κ3) is 4.77. The van der Waals surface area contributed by atoms with E-state index in [4.69, 9.17) is 28.9 Å². The maximum atomic E-state index is 12.2. The van der Waals surface area contributed by atoms with Gasteiger partial charge in [0.25, 0.3) is 0 Å². The van der Waals surface area contributed by atoms with E-state index in [9.17, 15) is 4.79 Å². The van der Waals surface area contributed by atoms with Crippen molar-refractivity contribution in [3.05, 3.63) is 22.2 Å². The molecule has 0 saturated heterocycles. The van der Waals surface area contributed by atoms with Crippen molar-refractivity contribution in [1.82, 2.24) is 4.90 Å². The summed E-state index contributed by atoms with van der Waals surface area (Å²) in [5.41, 5.74) is 6.56. The van der Waals surface area contributed by atoms with E-state index in [-0.39, 0.29) is 5.91 Å². The summed E-state index contributed by atoms with van der Waals surface area (Å²) < 4.78 is 0. The lowest BCUT2D eigenvalue weighted by Crippen LogP contribution is -2.35. The number of amides is 1. The number of hydrogen-bond acceptors (Lipinski definition) is 3. The van der Waals surface area contributed by atoms with Gasteiger partial charge >= 0.3 is 0 Å². The lowest BCUT2D eigenvalue weighted by Gasteiger charge is -2.21. The molecule has 1 aliphatic carbocycles. The third-order valence-corrected chi connectivity index (χ3v) is 4.13. The van der Waals surface area contributed by atoms with Gasteiger partial charge < -0.3 is 11.1 Å². The van der Waals surface area contributed by atoms with E-state index >= 15 is 0 Å². The van der Waals surface area contributed by atoms with Crippen LogP contribution < -0.4 is 11.1 Å². The Bertz CT molecular complexity index is 495. The second-order valence-corrected chi connectivity index (χ2v) is 6.28. The van der Waals surface area contributed by atoms with Crippen molar-refractivity contribution in [3.63, 3.8) is 0 Å². The largest absolute Gasteiger partial charge is 0.399 e. The number of halogens is 2. The van der Waals surface area contributed by atoms with Gasteiger partial charge in [0.2, 0.25) is 5.91 Å². The first-order chi connectivity index (χ1) is 10.0. The number of anilines is 2. The molecule has 4 nitrogen and oxygen atoms in total. The third-order valence-electron chi connectivity index (χ3n) is 3.54. The summed E-state index contributed by atoms with van der Waals surface area (Å²) in [6.45, 7) is 3.48. The predicted molar refractivity (Wildman–Crippen MR) is 89.0 cm³/mol. The van der Waals surface area contributed by atoms with Gasteiger partial charge in [-0.2, -0.15) is 0 Å². The Balaban J connectivity index is 1.97. The topological polar surface area (TPSA) is 58.4 Å². The molecule has 3 N–H and O–H groups in total. The summed E-state index contributed by atoms with van der Waals surface area (Å²) >= 11 is 12.2. The van der Waals surface area contributed by atoms with Crippen LogP contribution >= 0.6 is 23.2 Å². The van der Waals surface area contributed by atoms with Crippen LogP contribution in [-0.4, -0.2) is 29.9 Å². The molecule has 0 aromatic heterocycles. The molecule has 1 aliphatic rings. The van der Waals surface area contributed by atoms with Crippen molar-refractivity contribution in [2.24, 2.45) is 0 Å². The first-order valence-electron chi connectivity index (χ1n) is 7.29. The molecule has 0 radical (unpaired) electrons. The van der Waals surface area contributed by atoms with Crippen LogP contribution in [0.4, 0.5) is 11.4 Å². The Hall–Kier alpha value is -0.970. The molecule has 0 spiro atoms. The zero-order valence-electron chi connectivity index (χ0n) is 12.2. The van der Waals surface area contributed by atoms with Crippen LogP contribution in [-0.2, 0) is 4.79 Å². The van der Waals surface area contributed by atoms with E-state index in [2.05, 4.69) is 17.1 Å². The number of rotatable bonds is 7. The molecule has 0 heterocycles. The molecule has 1 aromatic carbocycles. The normalized spacial score (nSPS) is 14.5. The number of carbonyl (C=O) groups is 1. The Morgan fingerprint density at radius 3 is 2.52 bits per heavy atom. The highest BCUT2D eigenvalue weighted by Gasteiger charge is 2.29. The summed E-state index contributed by atoms with van der Waals surface area (Å²) in [5, 5.41) is 3.52. The standard InChI is InChI=1S/C15H21Cl2N3O/c1-2-3-6-20(11-4-5-11)9-14(21)19-15-12(16)7-10(18)8-13(15)17/h7-8,11H,2-6,9,18H2,1H3,(H,19,21). The SMILES string of the molecule is CCCCN(CC(=O)Nc1c(Cl)cc(N)cc1Cl)C1CC1. The van der Waals surface area contributed by atoms with Crippen LogP contribution in [0, 0.1) is 0 Å². The van der Waals surface area contributed by atoms with Gasteiger partial charge in [-0.1, -0.05) is 36.5 Å². The number of nitrogen functional groups attached to an aromatic ring is 1. The lowest BCUT2D eigenvalue weighted by atomic mass is 10.2. The number of carbonyl (C=O) groups excluding carboxylic acids is 1. The van der Waals surface area contributed by atoms with Gasteiger partial charge in [0.05, 0.1) is 22.3 Å². The van der Waals surface area contributed by atoms with Crippen molar-refractivity contribution in [2.45, 2.75) is 38.6 Å². The molecule has 0 atom stereocenters. The molecule has 1 aromatic rings. The van der Waals surface area contributed by atoms with Gasteiger partial charge in [0.15, 0.2) is 0 Å². The Labute approximate surface area is 135 Å². The van der Waals surface area contributed by atoms with Gasteiger partial charge in [-0.3, -0.25) is 9.69 Å². The second kappa shape index (κ2) is 7.34. The molecule has 0 unspecified atom stereocenters. The van der Waals surface area contributed by atoms with E-state index in [1.165, 1.54) is 12.8 Å². The van der Waals surface area contributed by atoms with Crippen LogP contribution in [0.3, 0.4) is 0 Å². The summed E-state index contributed by atoms with van der Waals surface area (Å²) in [5.74, 6) is -0.0911. The second-order valence-electron chi connectivity index (χ2n) is 5.46. The first kappa shape index (κ1) is 16.4. The molecule has 116 valence electrons. The van der Waals surface area contributed by atoms with Crippen molar-refractivity contribution >= 4 is 40.5 Å². The molecule has 0 bridgehead atoms. The highest BCUT2D eigenvalue weighted by atomic mass is 35.5. The Kier molecular flexibility index (Phi) is 5.73. The van der Waals surface area contributed by atoms with E-state index in [0.29, 0.717) is 34.0 Å².